The maximum absolute atomic E-state index is 12.4. The Balaban J connectivity index is 2.11. The normalized spacial score (nSPS) is 24.7. The largest absolute Gasteiger partial charge is 0.341 e. The molecule has 6 heteroatoms. The molecule has 1 aliphatic heterocycles. The van der Waals surface area contributed by atoms with Gasteiger partial charge in [-0.25, -0.2) is 8.42 Å². The van der Waals surface area contributed by atoms with Crippen molar-refractivity contribution in [1.82, 2.24) is 4.90 Å². The zero-order chi connectivity index (χ0) is 14.0. The van der Waals surface area contributed by atoms with Gasteiger partial charge in [-0.3, -0.25) is 4.79 Å². The average molecular weight is 301 g/mol. The molecule has 0 N–H and O–H groups in total. The van der Waals surface area contributed by atoms with Gasteiger partial charge in [0.05, 0.1) is 17.4 Å². The lowest BCUT2D eigenvalue weighted by molar-refractivity contribution is -0.132. The maximum Gasteiger partial charge on any atom is 0.229 e. The van der Waals surface area contributed by atoms with Crippen LogP contribution in [0.5, 0.6) is 0 Å². The van der Waals surface area contributed by atoms with Crippen molar-refractivity contribution in [3.63, 3.8) is 0 Å². The Bertz CT molecular complexity index is 536. The van der Waals surface area contributed by atoms with Gasteiger partial charge in [-0.1, -0.05) is 6.92 Å². The van der Waals surface area contributed by atoms with Crippen LogP contribution in [-0.2, 0) is 14.6 Å². The van der Waals surface area contributed by atoms with Crippen molar-refractivity contribution in [3.05, 3.63) is 22.4 Å². The molecule has 0 aromatic carbocycles. The summed E-state index contributed by atoms with van der Waals surface area (Å²) < 4.78 is 23.4. The van der Waals surface area contributed by atoms with Crippen molar-refractivity contribution in [2.45, 2.75) is 19.8 Å². The molecule has 0 bridgehead atoms. The van der Waals surface area contributed by atoms with Gasteiger partial charge in [0.15, 0.2) is 9.84 Å². The van der Waals surface area contributed by atoms with Crippen molar-refractivity contribution in [1.29, 1.82) is 0 Å². The van der Waals surface area contributed by atoms with E-state index in [4.69, 9.17) is 0 Å². The first-order valence-corrected chi connectivity index (χ1v) is 9.17. The first-order valence-electron chi connectivity index (χ1n) is 6.40. The Morgan fingerprint density at radius 2 is 2.26 bits per heavy atom. The number of rotatable bonds is 2. The van der Waals surface area contributed by atoms with E-state index in [0.29, 0.717) is 13.1 Å². The van der Waals surface area contributed by atoms with Crippen molar-refractivity contribution in [2.75, 3.05) is 24.6 Å². The Kier molecular flexibility index (Phi) is 4.30. The average Bonchev–Trinajstić information content (AvgIpc) is 2.81. The summed E-state index contributed by atoms with van der Waals surface area (Å²) in [5.74, 6) is 0.107. The number of thiophene rings is 1. The van der Waals surface area contributed by atoms with Crippen LogP contribution in [0.4, 0.5) is 0 Å². The third kappa shape index (κ3) is 3.57. The Labute approximate surface area is 118 Å². The molecule has 2 rings (SSSR count). The third-order valence-electron chi connectivity index (χ3n) is 3.47. The van der Waals surface area contributed by atoms with Crippen molar-refractivity contribution >= 4 is 27.1 Å². The smallest absolute Gasteiger partial charge is 0.229 e. The second kappa shape index (κ2) is 5.63. The van der Waals surface area contributed by atoms with Gasteiger partial charge in [-0.05, 0) is 35.2 Å². The fourth-order valence-electron chi connectivity index (χ4n) is 2.42. The fourth-order valence-corrected chi connectivity index (χ4v) is 4.82. The highest BCUT2D eigenvalue weighted by Gasteiger charge is 2.29. The molecule has 2 atom stereocenters. The van der Waals surface area contributed by atoms with Gasteiger partial charge >= 0.3 is 0 Å². The molecule has 4 nitrogen and oxygen atoms in total. The van der Waals surface area contributed by atoms with Gasteiger partial charge in [0.25, 0.3) is 0 Å². The van der Waals surface area contributed by atoms with Gasteiger partial charge in [0.1, 0.15) is 0 Å². The minimum atomic E-state index is -3.01. The summed E-state index contributed by atoms with van der Waals surface area (Å²) in [5, 5.41) is 3.93. The summed E-state index contributed by atoms with van der Waals surface area (Å²) in [4.78, 5) is 14.1. The highest BCUT2D eigenvalue weighted by atomic mass is 32.2. The highest BCUT2D eigenvalue weighted by Crippen LogP contribution is 2.22. The topological polar surface area (TPSA) is 54.5 Å². The summed E-state index contributed by atoms with van der Waals surface area (Å²) in [7, 11) is -3.01. The summed E-state index contributed by atoms with van der Waals surface area (Å²) in [6.45, 7) is 4.62. The van der Waals surface area contributed by atoms with E-state index in [2.05, 4.69) is 0 Å². The van der Waals surface area contributed by atoms with E-state index in [9.17, 15) is 13.2 Å². The number of sulfone groups is 1. The molecule has 0 saturated carbocycles. The second-order valence-electron chi connectivity index (χ2n) is 5.28. The molecule has 19 heavy (non-hydrogen) atoms. The standard InChI is InChI=1S/C13H19NO3S2/c1-10-7-14(4-6-19(16,17)9-10)13(15)11(2)12-3-5-18-8-12/h3,5,8,10-11H,4,6-7,9H2,1-2H3. The number of amides is 1. The Morgan fingerprint density at radius 3 is 2.89 bits per heavy atom. The molecule has 1 aromatic rings. The minimum absolute atomic E-state index is 0.00567. The van der Waals surface area contributed by atoms with Crippen LogP contribution in [0.15, 0.2) is 16.8 Å². The predicted octanol–water partition coefficient (Wildman–Crippen LogP) is 1.74. The molecule has 2 unspecified atom stereocenters. The first-order chi connectivity index (χ1) is 8.89. The van der Waals surface area contributed by atoms with Gasteiger partial charge in [-0.2, -0.15) is 11.3 Å². The third-order valence-corrected chi connectivity index (χ3v) is 6.05. The molecule has 1 fully saturated rings. The molecule has 0 spiro atoms. The van der Waals surface area contributed by atoms with Crippen LogP contribution in [0.3, 0.4) is 0 Å². The lowest BCUT2D eigenvalue weighted by atomic mass is 10.0. The quantitative estimate of drug-likeness (QED) is 0.836. The van der Waals surface area contributed by atoms with Crippen molar-refractivity contribution < 1.29 is 13.2 Å². The molecule has 106 valence electrons. The molecule has 0 aliphatic carbocycles. The van der Waals surface area contributed by atoms with E-state index in [0.717, 1.165) is 5.56 Å². The molecule has 0 radical (unpaired) electrons. The van der Waals surface area contributed by atoms with Crippen LogP contribution in [0.2, 0.25) is 0 Å². The van der Waals surface area contributed by atoms with Gasteiger partial charge in [-0.15, -0.1) is 0 Å². The number of hydrogen-bond donors (Lipinski definition) is 0. The van der Waals surface area contributed by atoms with E-state index < -0.39 is 9.84 Å². The first kappa shape index (κ1) is 14.5. The number of carbonyl (C=O) groups is 1. The Morgan fingerprint density at radius 1 is 1.53 bits per heavy atom. The number of hydrogen-bond acceptors (Lipinski definition) is 4. The van der Waals surface area contributed by atoms with E-state index in [1.54, 1.807) is 16.2 Å². The number of nitrogens with zero attached hydrogens (tertiary/aromatic N) is 1. The SMILES string of the molecule is CC1CN(C(=O)C(C)c2ccsc2)CCS(=O)(=O)C1. The lowest BCUT2D eigenvalue weighted by Crippen LogP contribution is -2.37. The summed E-state index contributed by atoms with van der Waals surface area (Å²) in [6.07, 6.45) is 0. The molecule has 1 amide bonds. The van der Waals surface area contributed by atoms with E-state index >= 15 is 0 Å². The van der Waals surface area contributed by atoms with Crippen molar-refractivity contribution in [2.24, 2.45) is 5.92 Å². The van der Waals surface area contributed by atoms with Crippen LogP contribution in [0.1, 0.15) is 25.3 Å². The number of carbonyl (C=O) groups excluding carboxylic acids is 1. The predicted molar refractivity (Wildman–Crippen MR) is 77.1 cm³/mol. The Hall–Kier alpha value is -0.880. The monoisotopic (exact) mass is 301 g/mol. The molecular formula is C13H19NO3S2. The second-order valence-corrected chi connectivity index (χ2v) is 8.29. The van der Waals surface area contributed by atoms with Crippen LogP contribution in [0.25, 0.3) is 0 Å². The lowest BCUT2D eigenvalue weighted by Gasteiger charge is -2.25. The van der Waals surface area contributed by atoms with Gasteiger partial charge in [0.2, 0.25) is 5.91 Å². The summed E-state index contributed by atoms with van der Waals surface area (Å²) in [5.41, 5.74) is 1.01. The van der Waals surface area contributed by atoms with Crippen LogP contribution >= 0.6 is 11.3 Å². The highest BCUT2D eigenvalue weighted by molar-refractivity contribution is 7.91. The molecule has 1 aromatic heterocycles. The van der Waals surface area contributed by atoms with Gasteiger partial charge in [0, 0.05) is 13.1 Å². The summed E-state index contributed by atoms with van der Waals surface area (Å²) >= 11 is 1.57. The minimum Gasteiger partial charge on any atom is -0.341 e. The van der Waals surface area contributed by atoms with E-state index in [-0.39, 0.29) is 29.2 Å². The van der Waals surface area contributed by atoms with E-state index in [1.807, 2.05) is 30.7 Å². The fraction of sp³-hybridized carbons (Fsp3) is 0.615. The van der Waals surface area contributed by atoms with Gasteiger partial charge < -0.3 is 4.90 Å². The molecule has 2 heterocycles. The van der Waals surface area contributed by atoms with Crippen LogP contribution in [-0.4, -0.2) is 43.8 Å². The molecule has 1 aliphatic rings. The zero-order valence-corrected chi connectivity index (χ0v) is 12.8. The molecule has 1 saturated heterocycles. The van der Waals surface area contributed by atoms with E-state index in [1.165, 1.54) is 0 Å². The zero-order valence-electron chi connectivity index (χ0n) is 11.2. The van der Waals surface area contributed by atoms with Crippen LogP contribution in [0, 0.1) is 5.92 Å². The summed E-state index contributed by atoms with van der Waals surface area (Å²) in [6, 6.07) is 1.95. The van der Waals surface area contributed by atoms with Crippen molar-refractivity contribution in [3.8, 4) is 0 Å². The maximum atomic E-state index is 12.4. The van der Waals surface area contributed by atoms with Crippen LogP contribution < -0.4 is 0 Å². The molecular weight excluding hydrogens is 282 g/mol.